The van der Waals surface area contributed by atoms with Crippen molar-refractivity contribution in [2.75, 3.05) is 0 Å². The van der Waals surface area contributed by atoms with E-state index in [2.05, 4.69) is 18.6 Å². The summed E-state index contributed by atoms with van der Waals surface area (Å²) in [6.07, 6.45) is 3.66. The summed E-state index contributed by atoms with van der Waals surface area (Å²) in [6.45, 7) is 4.29. The molecule has 2 rings (SSSR count). The van der Waals surface area contributed by atoms with Gasteiger partial charge in [-0.1, -0.05) is 32.4 Å². The van der Waals surface area contributed by atoms with Crippen molar-refractivity contribution in [1.29, 1.82) is 0 Å². The van der Waals surface area contributed by atoms with Crippen LogP contribution in [-0.4, -0.2) is 20.5 Å². The van der Waals surface area contributed by atoms with E-state index in [4.69, 9.17) is 5.73 Å². The molecule has 0 saturated heterocycles. The van der Waals surface area contributed by atoms with Crippen molar-refractivity contribution in [3.63, 3.8) is 0 Å². The fourth-order valence-corrected chi connectivity index (χ4v) is 4.00. The zero-order valence-electron chi connectivity index (χ0n) is 12.2. The summed E-state index contributed by atoms with van der Waals surface area (Å²) in [4.78, 5) is 0.323. The Morgan fingerprint density at radius 2 is 1.90 bits per heavy atom. The maximum Gasteiger partial charge on any atom is 0.240 e. The topological polar surface area (TPSA) is 72.2 Å². The lowest BCUT2D eigenvalue weighted by molar-refractivity contribution is 0.522. The molecule has 20 heavy (non-hydrogen) atoms. The summed E-state index contributed by atoms with van der Waals surface area (Å²) in [5.74, 6) is 0.562. The number of rotatable bonds is 5. The van der Waals surface area contributed by atoms with E-state index in [1.807, 2.05) is 12.1 Å². The van der Waals surface area contributed by atoms with Gasteiger partial charge in [0, 0.05) is 12.1 Å². The first-order valence-electron chi connectivity index (χ1n) is 7.25. The standard InChI is InChI=1S/C15H24N2O2S/c1-11(2)10-12-6-8-13(9-7-12)20(18,19)17-15-5-3-4-14(15)16/h6-9,11,14-15,17H,3-5,10,16H2,1-2H3. The Labute approximate surface area is 121 Å². The molecule has 0 amide bonds. The Morgan fingerprint density at radius 1 is 1.25 bits per heavy atom. The molecule has 0 aromatic heterocycles. The summed E-state index contributed by atoms with van der Waals surface area (Å²) < 4.78 is 27.3. The highest BCUT2D eigenvalue weighted by Crippen LogP contribution is 2.20. The van der Waals surface area contributed by atoms with Crippen molar-refractivity contribution in [3.05, 3.63) is 29.8 Å². The molecule has 112 valence electrons. The molecule has 0 heterocycles. The van der Waals surface area contributed by atoms with Crippen LogP contribution in [0.1, 0.15) is 38.7 Å². The van der Waals surface area contributed by atoms with E-state index in [1.54, 1.807) is 12.1 Å². The average molecular weight is 296 g/mol. The SMILES string of the molecule is CC(C)Cc1ccc(S(=O)(=O)NC2CCCC2N)cc1. The smallest absolute Gasteiger partial charge is 0.240 e. The fraction of sp³-hybridized carbons (Fsp3) is 0.600. The first-order chi connectivity index (χ1) is 9.38. The zero-order chi connectivity index (χ0) is 14.8. The Hall–Kier alpha value is -0.910. The molecule has 0 spiro atoms. The first kappa shape index (κ1) is 15.5. The third-order valence-corrected chi connectivity index (χ3v) is 5.26. The molecule has 5 heteroatoms. The molecule has 0 aliphatic heterocycles. The fourth-order valence-electron chi connectivity index (χ4n) is 2.68. The van der Waals surface area contributed by atoms with Crippen LogP contribution in [0.15, 0.2) is 29.2 Å². The lowest BCUT2D eigenvalue weighted by atomic mass is 10.0. The van der Waals surface area contributed by atoms with Crippen molar-refractivity contribution in [3.8, 4) is 0 Å². The molecule has 2 atom stereocenters. The van der Waals surface area contributed by atoms with Gasteiger partial charge in [-0.3, -0.25) is 0 Å². The van der Waals surface area contributed by atoms with Gasteiger partial charge >= 0.3 is 0 Å². The number of nitrogens with one attached hydrogen (secondary N) is 1. The van der Waals surface area contributed by atoms with Crippen LogP contribution in [0, 0.1) is 5.92 Å². The first-order valence-corrected chi connectivity index (χ1v) is 8.73. The Bertz CT molecular complexity index is 537. The van der Waals surface area contributed by atoms with Gasteiger partial charge in [0.2, 0.25) is 10.0 Å². The van der Waals surface area contributed by atoms with E-state index in [0.29, 0.717) is 10.8 Å². The van der Waals surface area contributed by atoms with Crippen molar-refractivity contribution in [2.24, 2.45) is 11.7 Å². The normalized spacial score (nSPS) is 23.4. The van der Waals surface area contributed by atoms with Crippen LogP contribution in [0.25, 0.3) is 0 Å². The molecule has 1 aromatic carbocycles. The van der Waals surface area contributed by atoms with Crippen LogP contribution in [0.4, 0.5) is 0 Å². The second-order valence-electron chi connectivity index (χ2n) is 6.06. The summed E-state index contributed by atoms with van der Waals surface area (Å²) in [5.41, 5.74) is 7.08. The molecular formula is C15H24N2O2S. The van der Waals surface area contributed by atoms with E-state index >= 15 is 0 Å². The van der Waals surface area contributed by atoms with Crippen molar-refractivity contribution >= 4 is 10.0 Å². The maximum atomic E-state index is 12.3. The quantitative estimate of drug-likeness (QED) is 0.873. The molecule has 1 aliphatic carbocycles. The third kappa shape index (κ3) is 3.81. The van der Waals surface area contributed by atoms with Crippen LogP contribution >= 0.6 is 0 Å². The number of hydrogen-bond acceptors (Lipinski definition) is 3. The molecule has 2 unspecified atom stereocenters. The lowest BCUT2D eigenvalue weighted by Crippen LogP contribution is -2.43. The summed E-state index contributed by atoms with van der Waals surface area (Å²) in [6, 6.07) is 6.95. The molecule has 0 radical (unpaired) electrons. The van der Waals surface area contributed by atoms with Gasteiger partial charge in [0.1, 0.15) is 0 Å². The van der Waals surface area contributed by atoms with Gasteiger partial charge in [0.15, 0.2) is 0 Å². The highest BCUT2D eigenvalue weighted by atomic mass is 32.2. The van der Waals surface area contributed by atoms with Crippen LogP contribution in [0.2, 0.25) is 0 Å². The van der Waals surface area contributed by atoms with Crippen molar-refractivity contribution < 1.29 is 8.42 Å². The van der Waals surface area contributed by atoms with E-state index < -0.39 is 10.0 Å². The predicted octanol–water partition coefficient (Wildman–Crippen LogP) is 2.04. The van der Waals surface area contributed by atoms with Gasteiger partial charge in [-0.2, -0.15) is 0 Å². The van der Waals surface area contributed by atoms with Crippen LogP contribution < -0.4 is 10.5 Å². The highest BCUT2D eigenvalue weighted by Gasteiger charge is 2.28. The second-order valence-corrected chi connectivity index (χ2v) is 7.78. The van der Waals surface area contributed by atoms with Crippen LogP contribution in [-0.2, 0) is 16.4 Å². The predicted molar refractivity (Wildman–Crippen MR) is 80.9 cm³/mol. The third-order valence-electron chi connectivity index (χ3n) is 3.75. The van der Waals surface area contributed by atoms with E-state index in [1.165, 1.54) is 0 Å². The van der Waals surface area contributed by atoms with Gasteiger partial charge in [-0.25, -0.2) is 13.1 Å². The number of sulfonamides is 1. The van der Waals surface area contributed by atoms with Gasteiger partial charge in [-0.05, 0) is 42.9 Å². The molecule has 1 fully saturated rings. The van der Waals surface area contributed by atoms with E-state index in [-0.39, 0.29) is 12.1 Å². The molecule has 1 aromatic rings. The van der Waals surface area contributed by atoms with Crippen molar-refractivity contribution in [1.82, 2.24) is 4.72 Å². The molecule has 0 bridgehead atoms. The molecule has 4 nitrogen and oxygen atoms in total. The lowest BCUT2D eigenvalue weighted by Gasteiger charge is -2.17. The largest absolute Gasteiger partial charge is 0.326 e. The molecule has 3 N–H and O–H groups in total. The number of nitrogens with two attached hydrogens (primary N) is 1. The number of benzene rings is 1. The summed E-state index contributed by atoms with van der Waals surface area (Å²) in [7, 11) is -3.45. The van der Waals surface area contributed by atoms with Gasteiger partial charge in [0.25, 0.3) is 0 Å². The summed E-state index contributed by atoms with van der Waals surface area (Å²) in [5, 5.41) is 0. The van der Waals surface area contributed by atoms with Crippen LogP contribution in [0.5, 0.6) is 0 Å². The Kier molecular flexibility index (Phi) is 4.83. The maximum absolute atomic E-state index is 12.3. The van der Waals surface area contributed by atoms with Crippen molar-refractivity contribution in [2.45, 2.75) is 56.5 Å². The van der Waals surface area contributed by atoms with E-state index in [0.717, 1.165) is 31.2 Å². The monoisotopic (exact) mass is 296 g/mol. The average Bonchev–Trinajstić information content (AvgIpc) is 2.74. The van der Waals surface area contributed by atoms with E-state index in [9.17, 15) is 8.42 Å². The zero-order valence-corrected chi connectivity index (χ0v) is 13.0. The molecule has 1 aliphatic rings. The van der Waals surface area contributed by atoms with Gasteiger partial charge in [0.05, 0.1) is 4.90 Å². The molecule has 1 saturated carbocycles. The summed E-state index contributed by atoms with van der Waals surface area (Å²) >= 11 is 0. The molecular weight excluding hydrogens is 272 g/mol. The second kappa shape index (κ2) is 6.24. The minimum Gasteiger partial charge on any atom is -0.326 e. The van der Waals surface area contributed by atoms with Crippen LogP contribution in [0.3, 0.4) is 0 Å². The highest BCUT2D eigenvalue weighted by molar-refractivity contribution is 7.89. The van der Waals surface area contributed by atoms with Gasteiger partial charge < -0.3 is 5.73 Å². The minimum atomic E-state index is -3.45. The Morgan fingerprint density at radius 3 is 2.40 bits per heavy atom. The number of hydrogen-bond donors (Lipinski definition) is 2. The minimum absolute atomic E-state index is 0.0648. The Balaban J connectivity index is 2.09. The van der Waals surface area contributed by atoms with Gasteiger partial charge in [-0.15, -0.1) is 0 Å².